The predicted molar refractivity (Wildman–Crippen MR) is 73.4 cm³/mol. The maximum absolute atomic E-state index is 13.6. The third kappa shape index (κ3) is 2.96. The molecule has 0 spiro atoms. The van der Waals surface area contributed by atoms with Gasteiger partial charge in [0, 0.05) is 6.07 Å². The van der Waals surface area contributed by atoms with Gasteiger partial charge < -0.3 is 5.32 Å². The van der Waals surface area contributed by atoms with Crippen molar-refractivity contribution >= 4 is 39.1 Å². The molecule has 0 saturated carbocycles. The van der Waals surface area contributed by atoms with Gasteiger partial charge in [0.1, 0.15) is 17.5 Å². The highest BCUT2D eigenvalue weighted by atomic mass is 79.9. The largest absolute Gasteiger partial charge is 0.319 e. The minimum Gasteiger partial charge on any atom is -0.319 e. The van der Waals surface area contributed by atoms with Crippen molar-refractivity contribution in [3.8, 4) is 0 Å². The van der Waals surface area contributed by atoms with E-state index in [2.05, 4.69) is 21.2 Å². The van der Waals surface area contributed by atoms with Gasteiger partial charge in [-0.15, -0.1) is 0 Å². The predicted octanol–water partition coefficient (Wildman–Crippen LogP) is 4.77. The Morgan fingerprint density at radius 2 is 1.80 bits per heavy atom. The number of rotatable bonds is 2. The van der Waals surface area contributed by atoms with Gasteiger partial charge in [0.25, 0.3) is 5.91 Å². The Morgan fingerprint density at radius 1 is 1.10 bits per heavy atom. The van der Waals surface area contributed by atoms with Crippen LogP contribution in [-0.4, -0.2) is 5.91 Å². The topological polar surface area (TPSA) is 29.1 Å². The molecule has 0 fully saturated rings. The van der Waals surface area contributed by atoms with Crippen LogP contribution in [0.4, 0.5) is 18.9 Å². The fraction of sp³-hybridized carbons (Fsp3) is 0. The molecule has 0 heterocycles. The van der Waals surface area contributed by atoms with Crippen molar-refractivity contribution in [1.29, 1.82) is 0 Å². The van der Waals surface area contributed by atoms with Crippen LogP contribution in [0.3, 0.4) is 0 Å². The molecule has 0 aliphatic carbocycles. The molecule has 2 nitrogen and oxygen atoms in total. The molecule has 1 N–H and O–H groups in total. The van der Waals surface area contributed by atoms with E-state index in [4.69, 9.17) is 11.6 Å². The molecule has 2 aromatic carbocycles. The lowest BCUT2D eigenvalue weighted by Gasteiger charge is -2.09. The number of anilines is 1. The van der Waals surface area contributed by atoms with Gasteiger partial charge in [0.2, 0.25) is 0 Å². The third-order valence-corrected chi connectivity index (χ3v) is 3.37. The summed E-state index contributed by atoms with van der Waals surface area (Å²) in [6.07, 6.45) is 0. The van der Waals surface area contributed by atoms with Crippen molar-refractivity contribution in [2.75, 3.05) is 5.32 Å². The molecular formula is C13H6BrClF3NO. The maximum Gasteiger partial charge on any atom is 0.260 e. The van der Waals surface area contributed by atoms with E-state index in [1.165, 1.54) is 12.1 Å². The van der Waals surface area contributed by atoms with E-state index in [1.807, 2.05) is 0 Å². The van der Waals surface area contributed by atoms with Crippen LogP contribution in [0.15, 0.2) is 34.8 Å². The average Bonchev–Trinajstić information content (AvgIpc) is 2.35. The molecule has 0 atom stereocenters. The standard InChI is InChI=1S/C13H6BrClF3NO/c14-6-4-10(18)11(5-9(6)17)19-13(20)12-7(15)2-1-3-8(12)16/h1-5H,(H,19,20). The highest BCUT2D eigenvalue weighted by Gasteiger charge is 2.18. The van der Waals surface area contributed by atoms with Crippen LogP contribution < -0.4 is 5.32 Å². The zero-order valence-electron chi connectivity index (χ0n) is 9.68. The van der Waals surface area contributed by atoms with Gasteiger partial charge >= 0.3 is 0 Å². The summed E-state index contributed by atoms with van der Waals surface area (Å²) in [4.78, 5) is 11.9. The molecule has 2 rings (SSSR count). The van der Waals surface area contributed by atoms with Gasteiger partial charge in [-0.1, -0.05) is 17.7 Å². The quantitative estimate of drug-likeness (QED) is 0.764. The summed E-state index contributed by atoms with van der Waals surface area (Å²) in [7, 11) is 0. The van der Waals surface area contributed by atoms with Crippen LogP contribution in [0.5, 0.6) is 0 Å². The van der Waals surface area contributed by atoms with Gasteiger partial charge in [0.05, 0.1) is 20.7 Å². The van der Waals surface area contributed by atoms with Crippen LogP contribution in [0.1, 0.15) is 10.4 Å². The molecule has 2 aromatic rings. The molecular weight excluding hydrogens is 358 g/mol. The first-order valence-corrected chi connectivity index (χ1v) is 6.47. The molecule has 1 amide bonds. The van der Waals surface area contributed by atoms with E-state index in [0.29, 0.717) is 0 Å². The fourth-order valence-electron chi connectivity index (χ4n) is 1.52. The van der Waals surface area contributed by atoms with Gasteiger partial charge in [-0.2, -0.15) is 0 Å². The van der Waals surface area contributed by atoms with Crippen LogP contribution >= 0.6 is 27.5 Å². The first kappa shape index (κ1) is 14.9. The maximum atomic E-state index is 13.6. The molecule has 7 heteroatoms. The molecule has 0 saturated heterocycles. The number of hydrogen-bond donors (Lipinski definition) is 1. The second-order valence-corrected chi connectivity index (χ2v) is 5.06. The Bertz CT molecular complexity index is 673. The summed E-state index contributed by atoms with van der Waals surface area (Å²) >= 11 is 8.52. The Kier molecular flexibility index (Phi) is 4.35. The Hall–Kier alpha value is -1.53. The summed E-state index contributed by atoms with van der Waals surface area (Å²) < 4.78 is 40.3. The number of carbonyl (C=O) groups is 1. The van der Waals surface area contributed by atoms with Crippen molar-refractivity contribution in [3.05, 3.63) is 62.8 Å². The number of benzene rings is 2. The first-order valence-electron chi connectivity index (χ1n) is 5.30. The van der Waals surface area contributed by atoms with Crippen LogP contribution in [0.2, 0.25) is 5.02 Å². The number of carbonyl (C=O) groups excluding carboxylic acids is 1. The van der Waals surface area contributed by atoms with Crippen molar-refractivity contribution in [2.24, 2.45) is 0 Å². The zero-order valence-corrected chi connectivity index (χ0v) is 12.0. The molecule has 0 unspecified atom stereocenters. The van der Waals surface area contributed by atoms with Crippen molar-refractivity contribution in [3.63, 3.8) is 0 Å². The second-order valence-electron chi connectivity index (χ2n) is 3.80. The Balaban J connectivity index is 2.35. The van der Waals surface area contributed by atoms with Crippen LogP contribution in [-0.2, 0) is 0 Å². The van der Waals surface area contributed by atoms with Gasteiger partial charge in [-0.3, -0.25) is 4.79 Å². The summed E-state index contributed by atoms with van der Waals surface area (Å²) in [5, 5.41) is 1.95. The third-order valence-electron chi connectivity index (χ3n) is 2.45. The number of hydrogen-bond acceptors (Lipinski definition) is 1. The molecule has 0 radical (unpaired) electrons. The first-order chi connectivity index (χ1) is 9.40. The normalized spacial score (nSPS) is 10.4. The summed E-state index contributed by atoms with van der Waals surface area (Å²) in [6.45, 7) is 0. The van der Waals surface area contributed by atoms with Gasteiger partial charge in [-0.05, 0) is 34.1 Å². The zero-order chi connectivity index (χ0) is 14.9. The van der Waals surface area contributed by atoms with Gasteiger partial charge in [-0.25, -0.2) is 13.2 Å². The summed E-state index contributed by atoms with van der Waals surface area (Å²) in [5.41, 5.74) is -0.841. The van der Waals surface area contributed by atoms with Crippen molar-refractivity contribution in [2.45, 2.75) is 0 Å². The monoisotopic (exact) mass is 363 g/mol. The minimum absolute atomic E-state index is 0.0862. The second kappa shape index (κ2) is 5.85. The van der Waals surface area contributed by atoms with Gasteiger partial charge in [0.15, 0.2) is 0 Å². The van der Waals surface area contributed by atoms with E-state index in [0.717, 1.165) is 18.2 Å². The smallest absolute Gasteiger partial charge is 0.260 e. The fourth-order valence-corrected chi connectivity index (χ4v) is 2.08. The lowest BCUT2D eigenvalue weighted by Crippen LogP contribution is -2.15. The van der Waals surface area contributed by atoms with E-state index >= 15 is 0 Å². The molecule has 0 aliphatic heterocycles. The molecule has 0 bridgehead atoms. The highest BCUT2D eigenvalue weighted by molar-refractivity contribution is 9.10. The van der Waals surface area contributed by atoms with Crippen LogP contribution in [0.25, 0.3) is 0 Å². The van der Waals surface area contributed by atoms with E-state index < -0.39 is 34.6 Å². The van der Waals surface area contributed by atoms with Crippen LogP contribution in [0, 0.1) is 17.5 Å². The molecule has 104 valence electrons. The van der Waals surface area contributed by atoms with Crippen molar-refractivity contribution < 1.29 is 18.0 Å². The lowest BCUT2D eigenvalue weighted by molar-refractivity contribution is 0.102. The van der Waals surface area contributed by atoms with E-state index in [-0.39, 0.29) is 9.50 Å². The number of nitrogens with one attached hydrogen (secondary N) is 1. The lowest BCUT2D eigenvalue weighted by atomic mass is 10.2. The number of halogens is 5. The minimum atomic E-state index is -0.964. The summed E-state index contributed by atoms with van der Waals surface area (Å²) in [6, 6.07) is 5.33. The Labute approximate surface area is 125 Å². The molecule has 20 heavy (non-hydrogen) atoms. The van der Waals surface area contributed by atoms with Crippen molar-refractivity contribution in [1.82, 2.24) is 0 Å². The molecule has 0 aromatic heterocycles. The summed E-state index contributed by atoms with van der Waals surface area (Å²) in [5.74, 6) is -3.44. The van der Waals surface area contributed by atoms with E-state index in [1.54, 1.807) is 0 Å². The number of amides is 1. The highest BCUT2D eigenvalue weighted by Crippen LogP contribution is 2.25. The average molecular weight is 365 g/mol. The molecule has 0 aliphatic rings. The Morgan fingerprint density at radius 3 is 2.45 bits per heavy atom. The SMILES string of the molecule is O=C(Nc1cc(F)c(Br)cc1F)c1c(F)cccc1Cl. The van der Waals surface area contributed by atoms with E-state index in [9.17, 15) is 18.0 Å².